The zero-order valence-electron chi connectivity index (χ0n) is 9.64. The third kappa shape index (κ3) is 4.05. The van der Waals surface area contributed by atoms with Crippen molar-refractivity contribution in [1.29, 1.82) is 0 Å². The van der Waals surface area contributed by atoms with Crippen molar-refractivity contribution in [1.82, 2.24) is 5.32 Å². The van der Waals surface area contributed by atoms with Gasteiger partial charge in [0.1, 0.15) is 6.04 Å². The van der Waals surface area contributed by atoms with E-state index in [0.29, 0.717) is 4.47 Å². The number of Topliss-reactive ketones (excluding diaryl/α,β-unsaturated/α-hetero) is 2. The van der Waals surface area contributed by atoms with E-state index in [2.05, 4.69) is 21.2 Å². The Balaban J connectivity index is 2.62. The molecule has 0 aliphatic rings. The van der Waals surface area contributed by atoms with Gasteiger partial charge in [0, 0.05) is 10.0 Å². The van der Waals surface area contributed by atoms with Crippen LogP contribution in [0.4, 0.5) is 0 Å². The molecule has 0 unspecified atom stereocenters. The summed E-state index contributed by atoms with van der Waals surface area (Å²) in [6.45, 7) is 1.11. The summed E-state index contributed by atoms with van der Waals surface area (Å²) in [4.78, 5) is 33.8. The van der Waals surface area contributed by atoms with Crippen LogP contribution in [0.25, 0.3) is 0 Å². The Morgan fingerprint density at radius 2 is 2.06 bits per heavy atom. The number of carboxylic acids is 1. The molecule has 1 rings (SSSR count). The van der Waals surface area contributed by atoms with E-state index in [4.69, 9.17) is 5.11 Å². The maximum Gasteiger partial charge on any atom is 0.320 e. The normalized spacial score (nSPS) is 11.9. The molecule has 1 aromatic rings. The van der Waals surface area contributed by atoms with Gasteiger partial charge >= 0.3 is 5.97 Å². The van der Waals surface area contributed by atoms with Crippen LogP contribution in [0, 0.1) is 0 Å². The maximum atomic E-state index is 11.7. The van der Waals surface area contributed by atoms with Crippen LogP contribution in [-0.4, -0.2) is 35.2 Å². The summed E-state index contributed by atoms with van der Waals surface area (Å²) < 4.78 is 0.702. The molecule has 0 saturated heterocycles. The van der Waals surface area contributed by atoms with Gasteiger partial charge in [0.25, 0.3) is 0 Å². The molecule has 0 heterocycles. The van der Waals surface area contributed by atoms with Crippen molar-refractivity contribution < 1.29 is 19.5 Å². The average Bonchev–Trinajstić information content (AvgIpc) is 2.34. The predicted molar refractivity (Wildman–Crippen MR) is 68.6 cm³/mol. The van der Waals surface area contributed by atoms with Gasteiger partial charge < -0.3 is 5.11 Å². The van der Waals surface area contributed by atoms with Gasteiger partial charge in [0.2, 0.25) is 11.6 Å². The van der Waals surface area contributed by atoms with Gasteiger partial charge in [0.15, 0.2) is 0 Å². The third-order valence-electron chi connectivity index (χ3n) is 2.28. The monoisotopic (exact) mass is 313 g/mol. The van der Waals surface area contributed by atoms with E-state index < -0.39 is 23.6 Å². The average molecular weight is 314 g/mol. The highest BCUT2D eigenvalue weighted by atomic mass is 79.9. The molecule has 5 nitrogen and oxygen atoms in total. The van der Waals surface area contributed by atoms with Crippen molar-refractivity contribution in [3.8, 4) is 0 Å². The lowest BCUT2D eigenvalue weighted by molar-refractivity contribution is -0.139. The summed E-state index contributed by atoms with van der Waals surface area (Å²) in [6, 6.07) is 5.60. The highest BCUT2D eigenvalue weighted by Gasteiger charge is 2.18. The van der Waals surface area contributed by atoms with Crippen LogP contribution in [0.3, 0.4) is 0 Å². The molecule has 0 spiro atoms. The van der Waals surface area contributed by atoms with E-state index in [9.17, 15) is 14.4 Å². The predicted octanol–water partition coefficient (Wildman–Crippen LogP) is 1.26. The standard InChI is InChI=1S/C12H12BrNO4/c1-7(12(17)18)14-6-10(15)11(16)8-3-2-4-9(13)5-8/h2-5,7,14H,6H2,1H3,(H,17,18)/t7-/m0/s1. The molecule has 0 amide bonds. The largest absolute Gasteiger partial charge is 0.480 e. The third-order valence-corrected chi connectivity index (χ3v) is 2.77. The van der Waals surface area contributed by atoms with Crippen molar-refractivity contribution >= 4 is 33.5 Å². The molecule has 96 valence electrons. The Labute approximate surface area is 112 Å². The van der Waals surface area contributed by atoms with Crippen LogP contribution in [0.1, 0.15) is 17.3 Å². The topological polar surface area (TPSA) is 83.5 Å². The summed E-state index contributed by atoms with van der Waals surface area (Å²) in [6.07, 6.45) is 0. The number of hydrogen-bond donors (Lipinski definition) is 2. The Hall–Kier alpha value is -1.53. The van der Waals surface area contributed by atoms with E-state index >= 15 is 0 Å². The first-order chi connectivity index (χ1) is 8.41. The second-order valence-electron chi connectivity index (χ2n) is 3.70. The Bertz CT molecular complexity index is 487. The molecule has 0 aliphatic carbocycles. The number of hydrogen-bond acceptors (Lipinski definition) is 4. The second kappa shape index (κ2) is 6.42. The lowest BCUT2D eigenvalue weighted by atomic mass is 10.1. The molecule has 0 aliphatic heterocycles. The molecule has 0 radical (unpaired) electrons. The van der Waals surface area contributed by atoms with Gasteiger partial charge in [-0.2, -0.15) is 0 Å². The van der Waals surface area contributed by atoms with Gasteiger partial charge in [-0.15, -0.1) is 0 Å². The van der Waals surface area contributed by atoms with Crippen molar-refractivity contribution in [3.05, 3.63) is 34.3 Å². The number of ketones is 2. The highest BCUT2D eigenvalue weighted by Crippen LogP contribution is 2.12. The van der Waals surface area contributed by atoms with E-state index in [1.807, 2.05) is 0 Å². The van der Waals surface area contributed by atoms with Crippen LogP contribution in [0.15, 0.2) is 28.7 Å². The van der Waals surface area contributed by atoms with Crippen LogP contribution in [-0.2, 0) is 9.59 Å². The highest BCUT2D eigenvalue weighted by molar-refractivity contribution is 9.10. The van der Waals surface area contributed by atoms with Crippen LogP contribution < -0.4 is 5.32 Å². The Kier molecular flexibility index (Phi) is 5.18. The van der Waals surface area contributed by atoms with Crippen LogP contribution in [0.2, 0.25) is 0 Å². The van der Waals surface area contributed by atoms with Gasteiger partial charge in [-0.1, -0.05) is 28.1 Å². The molecule has 0 aromatic heterocycles. The van der Waals surface area contributed by atoms with E-state index in [1.54, 1.807) is 18.2 Å². The van der Waals surface area contributed by atoms with E-state index in [1.165, 1.54) is 13.0 Å². The fourth-order valence-electron chi connectivity index (χ4n) is 1.20. The van der Waals surface area contributed by atoms with Crippen molar-refractivity contribution in [2.24, 2.45) is 0 Å². The van der Waals surface area contributed by atoms with Gasteiger partial charge in [-0.3, -0.25) is 19.7 Å². The minimum absolute atomic E-state index is 0.277. The summed E-state index contributed by atoms with van der Waals surface area (Å²) in [5.41, 5.74) is 0.277. The molecular weight excluding hydrogens is 302 g/mol. The van der Waals surface area contributed by atoms with Crippen molar-refractivity contribution in [2.45, 2.75) is 13.0 Å². The van der Waals surface area contributed by atoms with Crippen LogP contribution >= 0.6 is 15.9 Å². The molecule has 18 heavy (non-hydrogen) atoms. The summed E-state index contributed by atoms with van der Waals surface area (Å²) in [5, 5.41) is 11.1. The number of carbonyl (C=O) groups is 3. The Morgan fingerprint density at radius 3 is 2.61 bits per heavy atom. The molecule has 1 aromatic carbocycles. The summed E-state index contributed by atoms with van der Waals surface area (Å²) in [5.74, 6) is -2.37. The number of carboxylic acid groups (broad SMARTS) is 1. The van der Waals surface area contributed by atoms with E-state index in [0.717, 1.165) is 0 Å². The summed E-state index contributed by atoms with van der Waals surface area (Å²) in [7, 11) is 0. The van der Waals surface area contributed by atoms with E-state index in [-0.39, 0.29) is 12.1 Å². The molecule has 0 saturated carbocycles. The molecular formula is C12H12BrNO4. The minimum atomic E-state index is -1.07. The zero-order valence-corrected chi connectivity index (χ0v) is 11.2. The van der Waals surface area contributed by atoms with Crippen molar-refractivity contribution in [2.75, 3.05) is 6.54 Å². The maximum absolute atomic E-state index is 11.7. The number of nitrogens with one attached hydrogen (secondary N) is 1. The number of benzene rings is 1. The summed E-state index contributed by atoms with van der Waals surface area (Å²) >= 11 is 3.20. The first kappa shape index (κ1) is 14.5. The molecule has 6 heteroatoms. The molecule has 0 bridgehead atoms. The number of aliphatic carboxylic acids is 1. The second-order valence-corrected chi connectivity index (χ2v) is 4.62. The first-order valence-electron chi connectivity index (χ1n) is 5.21. The smallest absolute Gasteiger partial charge is 0.320 e. The molecule has 0 fully saturated rings. The number of halogens is 1. The van der Waals surface area contributed by atoms with Gasteiger partial charge in [0.05, 0.1) is 6.54 Å². The minimum Gasteiger partial charge on any atom is -0.480 e. The molecule has 1 atom stereocenters. The fourth-order valence-corrected chi connectivity index (χ4v) is 1.60. The van der Waals surface area contributed by atoms with Gasteiger partial charge in [-0.05, 0) is 19.1 Å². The van der Waals surface area contributed by atoms with Crippen LogP contribution in [0.5, 0.6) is 0 Å². The quantitative estimate of drug-likeness (QED) is 0.610. The fraction of sp³-hybridized carbons (Fsp3) is 0.250. The van der Waals surface area contributed by atoms with Crippen molar-refractivity contribution in [3.63, 3.8) is 0 Å². The van der Waals surface area contributed by atoms with Gasteiger partial charge in [-0.25, -0.2) is 0 Å². The number of rotatable bonds is 6. The SMILES string of the molecule is C[C@H](NCC(=O)C(=O)c1cccc(Br)c1)C(=O)O. The first-order valence-corrected chi connectivity index (χ1v) is 6.00. The zero-order chi connectivity index (χ0) is 13.7. The lowest BCUT2D eigenvalue weighted by Gasteiger charge is -2.07. The number of carbonyl (C=O) groups excluding carboxylic acids is 2. The Morgan fingerprint density at radius 1 is 1.39 bits per heavy atom. The lowest BCUT2D eigenvalue weighted by Crippen LogP contribution is -2.39. The molecule has 2 N–H and O–H groups in total.